The van der Waals surface area contributed by atoms with E-state index in [9.17, 15) is 19.8 Å². The van der Waals surface area contributed by atoms with Crippen molar-refractivity contribution in [3.63, 3.8) is 0 Å². The van der Waals surface area contributed by atoms with Crippen LogP contribution in [-0.4, -0.2) is 52.0 Å². The van der Waals surface area contributed by atoms with Crippen LogP contribution in [0.4, 0.5) is 0 Å². The van der Waals surface area contributed by atoms with Crippen LogP contribution < -0.4 is 0 Å². The maximum atomic E-state index is 14.2. The monoisotopic (exact) mass is 480 g/mol. The van der Waals surface area contributed by atoms with Crippen LogP contribution in [0.25, 0.3) is 6.08 Å². The molecule has 1 aromatic carbocycles. The highest BCUT2D eigenvalue weighted by Crippen LogP contribution is 2.64. The predicted molar refractivity (Wildman–Crippen MR) is 131 cm³/mol. The molecule has 0 radical (unpaired) electrons. The number of rotatable bonds is 4. The Balaban J connectivity index is 1.55. The molecule has 6 nitrogen and oxygen atoms in total. The van der Waals surface area contributed by atoms with Gasteiger partial charge in [0.2, 0.25) is 5.78 Å². The summed E-state index contributed by atoms with van der Waals surface area (Å²) in [4.78, 5) is 27.3. The van der Waals surface area contributed by atoms with Gasteiger partial charge in [-0.15, -0.1) is 0 Å². The summed E-state index contributed by atoms with van der Waals surface area (Å²) in [7, 11) is 0. The summed E-state index contributed by atoms with van der Waals surface area (Å²) in [5.74, 6) is -1.45. The minimum absolute atomic E-state index is 0.0325. The van der Waals surface area contributed by atoms with Crippen molar-refractivity contribution in [2.45, 2.75) is 70.4 Å². The van der Waals surface area contributed by atoms with Gasteiger partial charge in [-0.3, -0.25) is 4.79 Å². The molecule has 2 N–H and O–H groups in total. The van der Waals surface area contributed by atoms with Crippen molar-refractivity contribution >= 4 is 17.8 Å². The smallest absolute Gasteiger partial charge is 0.331 e. The van der Waals surface area contributed by atoms with Gasteiger partial charge in [-0.05, 0) is 54.6 Å². The number of aliphatic hydroxyl groups excluding tert-OH is 2. The van der Waals surface area contributed by atoms with Crippen LogP contribution in [-0.2, 0) is 19.1 Å². The first-order chi connectivity index (χ1) is 16.5. The van der Waals surface area contributed by atoms with Crippen molar-refractivity contribution in [2.75, 3.05) is 6.61 Å². The van der Waals surface area contributed by atoms with E-state index in [1.54, 1.807) is 6.08 Å². The minimum atomic E-state index is -1.59. The number of carbonyl (C=O) groups excluding carboxylic acids is 2. The number of carbonyl (C=O) groups is 2. The summed E-state index contributed by atoms with van der Waals surface area (Å²) >= 11 is 0. The first-order valence-electron chi connectivity index (χ1n) is 12.7. The Morgan fingerprint density at radius 1 is 1.23 bits per heavy atom. The maximum absolute atomic E-state index is 14.2. The van der Waals surface area contributed by atoms with E-state index < -0.39 is 47.7 Å². The van der Waals surface area contributed by atoms with Crippen molar-refractivity contribution < 1.29 is 29.3 Å². The highest BCUT2D eigenvalue weighted by molar-refractivity contribution is 6.04. The molecule has 3 fully saturated rings. The Kier molecular flexibility index (Phi) is 5.86. The second-order valence-electron chi connectivity index (χ2n) is 11.8. The van der Waals surface area contributed by atoms with E-state index in [-0.39, 0.29) is 29.2 Å². The third kappa shape index (κ3) is 4.00. The first-order valence-corrected chi connectivity index (χ1v) is 12.7. The molecule has 35 heavy (non-hydrogen) atoms. The Morgan fingerprint density at radius 2 is 1.94 bits per heavy atom. The summed E-state index contributed by atoms with van der Waals surface area (Å²) in [5.41, 5.74) is -0.929. The summed E-state index contributed by atoms with van der Waals surface area (Å²) in [6, 6.07) is 9.38. The van der Waals surface area contributed by atoms with Crippen LogP contribution in [0.3, 0.4) is 0 Å². The van der Waals surface area contributed by atoms with Crippen LogP contribution in [0.1, 0.15) is 52.5 Å². The molecule has 1 heterocycles. The van der Waals surface area contributed by atoms with Crippen molar-refractivity contribution in [3.8, 4) is 0 Å². The van der Waals surface area contributed by atoms with Crippen molar-refractivity contribution in [1.82, 2.24) is 0 Å². The second kappa shape index (κ2) is 8.39. The van der Waals surface area contributed by atoms with Crippen molar-refractivity contribution in [3.05, 3.63) is 53.6 Å². The third-order valence-electron chi connectivity index (χ3n) is 9.19. The van der Waals surface area contributed by atoms with E-state index in [0.29, 0.717) is 5.92 Å². The second-order valence-corrected chi connectivity index (χ2v) is 11.8. The maximum Gasteiger partial charge on any atom is 0.331 e. The molecule has 2 saturated carbocycles. The molecule has 3 aliphatic carbocycles. The number of hydrogen-bond donors (Lipinski definition) is 2. The summed E-state index contributed by atoms with van der Waals surface area (Å²) in [6.07, 6.45) is 5.56. The molecule has 0 aromatic heterocycles. The lowest BCUT2D eigenvalue weighted by Crippen LogP contribution is -2.52. The van der Waals surface area contributed by atoms with Crippen molar-refractivity contribution in [1.29, 1.82) is 0 Å². The Hall–Kier alpha value is -2.28. The SMILES string of the molecule is CC1C[C@]2(OC(=O)C=Cc3ccccc3)C(=O)C(CO)=C[C@@H]3[C@H](CC[C@@]4(C)OC4[C@@H]2C1O)C3(C)C. The fourth-order valence-electron chi connectivity index (χ4n) is 6.84. The highest BCUT2D eigenvalue weighted by Gasteiger charge is 2.71. The zero-order valence-electron chi connectivity index (χ0n) is 20.9. The van der Waals surface area contributed by atoms with Gasteiger partial charge in [0, 0.05) is 18.1 Å². The lowest BCUT2D eigenvalue weighted by molar-refractivity contribution is -0.168. The molecule has 4 aliphatic rings. The number of fused-ring (bicyclic) bond motifs is 4. The fraction of sp³-hybridized carbons (Fsp3) is 0.586. The molecule has 0 amide bonds. The van der Waals surface area contributed by atoms with Gasteiger partial charge in [-0.1, -0.05) is 57.2 Å². The molecule has 0 bridgehead atoms. The molecule has 188 valence electrons. The Bertz CT molecular complexity index is 1070. The van der Waals surface area contributed by atoms with E-state index in [4.69, 9.17) is 9.47 Å². The number of benzene rings is 1. The standard InChI is InChI=1S/C29H36O6/c1-17-15-29(34-22(31)11-10-18-8-6-5-7-9-18)23(24(17)32)26-28(4,35-26)13-12-20-21(27(20,2)3)14-19(16-30)25(29)33/h5-11,14,17,20-21,23-24,26,30,32H,12-13,15-16H2,1-4H3/t17?,20-,21+,23-,24?,26?,28+,29+/m0/s1. The number of allylic oxidation sites excluding steroid dienone is 1. The van der Waals surface area contributed by atoms with Crippen LogP contribution in [0, 0.1) is 29.1 Å². The molecule has 1 saturated heterocycles. The molecular formula is C29H36O6. The summed E-state index contributed by atoms with van der Waals surface area (Å²) in [5, 5.41) is 21.5. The Labute approximate surface area is 207 Å². The predicted octanol–water partition coefficient (Wildman–Crippen LogP) is 3.71. The fourth-order valence-corrected chi connectivity index (χ4v) is 6.84. The molecule has 5 rings (SSSR count). The Morgan fingerprint density at radius 3 is 2.63 bits per heavy atom. The van der Waals surface area contributed by atoms with E-state index in [2.05, 4.69) is 13.8 Å². The number of hydrogen-bond acceptors (Lipinski definition) is 6. The van der Waals surface area contributed by atoms with Crippen molar-refractivity contribution in [2.24, 2.45) is 29.1 Å². The topological polar surface area (TPSA) is 96.4 Å². The largest absolute Gasteiger partial charge is 0.447 e. The van der Waals surface area contributed by atoms with Gasteiger partial charge >= 0.3 is 5.97 Å². The van der Waals surface area contributed by atoms with Crippen LogP contribution >= 0.6 is 0 Å². The zero-order chi connectivity index (χ0) is 25.2. The lowest BCUT2D eigenvalue weighted by atomic mass is 9.77. The van der Waals surface area contributed by atoms with Gasteiger partial charge in [0.15, 0.2) is 5.60 Å². The van der Waals surface area contributed by atoms with Crippen LogP contribution in [0.2, 0.25) is 0 Å². The van der Waals surface area contributed by atoms with E-state index >= 15 is 0 Å². The van der Waals surface area contributed by atoms with Crippen LogP contribution in [0.5, 0.6) is 0 Å². The molecule has 1 aromatic rings. The number of esters is 1. The molecule has 0 spiro atoms. The van der Waals surface area contributed by atoms with E-state index in [1.807, 2.05) is 50.3 Å². The van der Waals surface area contributed by atoms with Gasteiger partial charge in [0.1, 0.15) is 0 Å². The first kappa shape index (κ1) is 24.4. The lowest BCUT2D eigenvalue weighted by Gasteiger charge is -2.34. The minimum Gasteiger partial charge on any atom is -0.447 e. The number of ketones is 1. The normalized spacial score (nSPS) is 41.8. The average molecular weight is 481 g/mol. The van der Waals surface area contributed by atoms with Gasteiger partial charge in [0.25, 0.3) is 0 Å². The number of epoxide rings is 1. The zero-order valence-corrected chi connectivity index (χ0v) is 20.9. The van der Waals surface area contributed by atoms with E-state index in [0.717, 1.165) is 18.4 Å². The molecule has 6 heteroatoms. The number of Topliss-reactive ketones (excluding diaryl/α,β-unsaturated/α-hetero) is 1. The van der Waals surface area contributed by atoms with Crippen LogP contribution in [0.15, 0.2) is 48.1 Å². The molecule has 3 unspecified atom stereocenters. The third-order valence-corrected chi connectivity index (χ3v) is 9.19. The number of ether oxygens (including phenoxy) is 2. The van der Waals surface area contributed by atoms with E-state index in [1.165, 1.54) is 6.08 Å². The average Bonchev–Trinajstić information content (AvgIpc) is 3.60. The van der Waals surface area contributed by atoms with Gasteiger partial charge < -0.3 is 19.7 Å². The van der Waals surface area contributed by atoms with Gasteiger partial charge in [-0.25, -0.2) is 4.79 Å². The molecule has 1 aliphatic heterocycles. The van der Waals surface area contributed by atoms with Gasteiger partial charge in [0.05, 0.1) is 30.3 Å². The molecular weight excluding hydrogens is 444 g/mol. The number of aliphatic hydroxyl groups is 2. The highest BCUT2D eigenvalue weighted by atomic mass is 16.6. The summed E-state index contributed by atoms with van der Waals surface area (Å²) in [6.45, 7) is 7.84. The quantitative estimate of drug-likeness (QED) is 0.388. The summed E-state index contributed by atoms with van der Waals surface area (Å²) < 4.78 is 12.3. The molecule has 8 atom stereocenters. The van der Waals surface area contributed by atoms with Gasteiger partial charge in [-0.2, -0.15) is 0 Å².